The summed E-state index contributed by atoms with van der Waals surface area (Å²) in [7, 11) is 0. The summed E-state index contributed by atoms with van der Waals surface area (Å²) in [6.45, 7) is 2.15. The van der Waals surface area contributed by atoms with E-state index in [1.54, 1.807) is 12.1 Å². The Labute approximate surface area is 122 Å². The lowest BCUT2D eigenvalue weighted by atomic mass is 10.1. The minimum absolute atomic E-state index is 0.298. The summed E-state index contributed by atoms with van der Waals surface area (Å²) >= 11 is 0. The van der Waals surface area contributed by atoms with Crippen LogP contribution in [0.25, 0.3) is 0 Å². The molecule has 7 nitrogen and oxygen atoms in total. The number of nitrogens with one attached hydrogen (secondary N) is 1. The fraction of sp³-hybridized carbons (Fsp3) is 0.429. The fourth-order valence-corrected chi connectivity index (χ4v) is 2.12. The quantitative estimate of drug-likeness (QED) is 0.791. The summed E-state index contributed by atoms with van der Waals surface area (Å²) in [5.41, 5.74) is 1.33. The van der Waals surface area contributed by atoms with Crippen molar-refractivity contribution in [2.45, 2.75) is 32.5 Å². The highest BCUT2D eigenvalue weighted by Crippen LogP contribution is 2.30. The molecule has 0 spiro atoms. The topological polar surface area (TPSA) is 92.9 Å². The molecule has 2 N–H and O–H groups in total. The van der Waals surface area contributed by atoms with E-state index in [9.17, 15) is 4.79 Å². The average molecular weight is 287 g/mol. The molecule has 1 aliphatic carbocycles. The van der Waals surface area contributed by atoms with Gasteiger partial charge in [-0.2, -0.15) is 0 Å². The molecule has 1 aromatic heterocycles. The molecular weight excluding hydrogens is 270 g/mol. The van der Waals surface area contributed by atoms with Crippen molar-refractivity contribution < 1.29 is 9.90 Å². The first-order valence-electron chi connectivity index (χ1n) is 7.00. The third-order valence-electron chi connectivity index (χ3n) is 3.55. The minimum Gasteiger partial charge on any atom is -0.478 e. The first-order valence-corrected chi connectivity index (χ1v) is 7.00. The van der Waals surface area contributed by atoms with E-state index in [2.05, 4.69) is 20.8 Å². The third kappa shape index (κ3) is 3.63. The maximum absolute atomic E-state index is 10.8. The van der Waals surface area contributed by atoms with Gasteiger partial charge in [-0.05, 0) is 46.9 Å². The molecule has 0 atom stereocenters. The van der Waals surface area contributed by atoms with Gasteiger partial charge in [0, 0.05) is 13.1 Å². The fourth-order valence-electron chi connectivity index (χ4n) is 2.12. The van der Waals surface area contributed by atoms with Crippen LogP contribution >= 0.6 is 0 Å². The molecule has 0 saturated heterocycles. The van der Waals surface area contributed by atoms with Crippen molar-refractivity contribution in [1.82, 2.24) is 25.5 Å². The number of hydrogen-bond acceptors (Lipinski definition) is 5. The molecule has 1 heterocycles. The van der Waals surface area contributed by atoms with Gasteiger partial charge in [0.15, 0.2) is 5.82 Å². The van der Waals surface area contributed by atoms with Gasteiger partial charge in [0.25, 0.3) is 0 Å². The predicted molar refractivity (Wildman–Crippen MR) is 74.5 cm³/mol. The number of tetrazole rings is 1. The molecule has 2 aromatic rings. The van der Waals surface area contributed by atoms with Gasteiger partial charge in [0.05, 0.1) is 12.1 Å². The van der Waals surface area contributed by atoms with Crippen molar-refractivity contribution in [2.24, 2.45) is 5.92 Å². The van der Waals surface area contributed by atoms with Crippen LogP contribution in [0.3, 0.4) is 0 Å². The number of carboxylic acid groups (broad SMARTS) is 1. The summed E-state index contributed by atoms with van der Waals surface area (Å²) < 4.78 is 1.86. The monoisotopic (exact) mass is 287 g/mol. The zero-order valence-corrected chi connectivity index (χ0v) is 11.6. The largest absolute Gasteiger partial charge is 0.478 e. The second-order valence-corrected chi connectivity index (χ2v) is 5.33. The second kappa shape index (κ2) is 6.01. The van der Waals surface area contributed by atoms with Crippen molar-refractivity contribution >= 4 is 5.97 Å². The van der Waals surface area contributed by atoms with Crippen LogP contribution in [-0.4, -0.2) is 31.3 Å². The normalized spacial score (nSPS) is 14.3. The van der Waals surface area contributed by atoms with E-state index in [4.69, 9.17) is 5.11 Å². The number of nitrogens with zero attached hydrogens (tertiary/aromatic N) is 4. The van der Waals surface area contributed by atoms with Crippen molar-refractivity contribution in [3.63, 3.8) is 0 Å². The Morgan fingerprint density at radius 2 is 2.05 bits per heavy atom. The van der Waals surface area contributed by atoms with Gasteiger partial charge < -0.3 is 10.4 Å². The molecule has 1 fully saturated rings. The maximum atomic E-state index is 10.8. The highest BCUT2D eigenvalue weighted by atomic mass is 16.4. The Balaban J connectivity index is 1.51. The molecule has 1 aliphatic rings. The van der Waals surface area contributed by atoms with Crippen molar-refractivity contribution in [3.05, 3.63) is 41.2 Å². The molecule has 21 heavy (non-hydrogen) atoms. The highest BCUT2D eigenvalue weighted by Gasteiger charge is 2.23. The molecule has 7 heteroatoms. The predicted octanol–water partition coefficient (Wildman–Crippen LogP) is 1.07. The Morgan fingerprint density at radius 3 is 2.71 bits per heavy atom. The Bertz CT molecular complexity index is 619. The van der Waals surface area contributed by atoms with Crippen LogP contribution in [0.4, 0.5) is 0 Å². The van der Waals surface area contributed by atoms with E-state index in [1.165, 1.54) is 12.8 Å². The van der Waals surface area contributed by atoms with Crippen LogP contribution in [0, 0.1) is 5.92 Å². The molecule has 0 amide bonds. The van der Waals surface area contributed by atoms with Gasteiger partial charge in [-0.15, -0.1) is 5.10 Å². The van der Waals surface area contributed by atoms with Crippen LogP contribution in [-0.2, 0) is 19.6 Å². The number of benzene rings is 1. The summed E-state index contributed by atoms with van der Waals surface area (Å²) in [6.07, 6.45) is 2.53. The van der Waals surface area contributed by atoms with Crippen LogP contribution < -0.4 is 5.32 Å². The zero-order valence-electron chi connectivity index (χ0n) is 11.6. The number of carbonyl (C=O) groups is 1. The van der Waals surface area contributed by atoms with Crippen molar-refractivity contribution in [1.29, 1.82) is 0 Å². The standard InChI is InChI=1S/C14H17N5O2/c20-14(21)12-5-3-10(4-6-12)7-15-8-13-16-17-18-19(13)9-11-1-2-11/h3-6,11,15H,1-2,7-9H2,(H,20,21). The highest BCUT2D eigenvalue weighted by molar-refractivity contribution is 5.87. The van der Waals surface area contributed by atoms with Gasteiger partial charge in [0.1, 0.15) is 0 Å². The Morgan fingerprint density at radius 1 is 1.29 bits per heavy atom. The molecule has 0 bridgehead atoms. The lowest BCUT2D eigenvalue weighted by Gasteiger charge is -2.06. The average Bonchev–Trinajstić information content (AvgIpc) is 3.19. The smallest absolute Gasteiger partial charge is 0.335 e. The summed E-state index contributed by atoms with van der Waals surface area (Å²) in [5.74, 6) is 0.661. The minimum atomic E-state index is -0.909. The summed E-state index contributed by atoms with van der Waals surface area (Å²) in [4.78, 5) is 10.8. The zero-order chi connectivity index (χ0) is 14.7. The van der Waals surface area contributed by atoms with E-state index < -0.39 is 5.97 Å². The number of hydrogen-bond donors (Lipinski definition) is 2. The molecule has 3 rings (SSSR count). The lowest BCUT2D eigenvalue weighted by Crippen LogP contribution is -2.18. The first kappa shape index (κ1) is 13.7. The van der Waals surface area contributed by atoms with Gasteiger partial charge >= 0.3 is 5.97 Å². The molecule has 110 valence electrons. The molecule has 0 unspecified atom stereocenters. The summed E-state index contributed by atoms with van der Waals surface area (Å²) in [5, 5.41) is 23.9. The lowest BCUT2D eigenvalue weighted by molar-refractivity contribution is 0.0697. The van der Waals surface area contributed by atoms with Crippen LogP contribution in [0.2, 0.25) is 0 Å². The third-order valence-corrected chi connectivity index (χ3v) is 3.55. The van der Waals surface area contributed by atoms with E-state index >= 15 is 0 Å². The van der Waals surface area contributed by atoms with E-state index in [0.29, 0.717) is 18.7 Å². The van der Waals surface area contributed by atoms with Crippen LogP contribution in [0.15, 0.2) is 24.3 Å². The number of carboxylic acids is 1. The number of aromatic carboxylic acids is 1. The summed E-state index contributed by atoms with van der Waals surface area (Å²) in [6, 6.07) is 6.83. The first-order chi connectivity index (χ1) is 10.2. The second-order valence-electron chi connectivity index (χ2n) is 5.33. The van der Waals surface area contributed by atoms with Crippen molar-refractivity contribution in [3.8, 4) is 0 Å². The van der Waals surface area contributed by atoms with E-state index in [1.807, 2.05) is 16.8 Å². The molecular formula is C14H17N5O2. The molecule has 0 radical (unpaired) electrons. The maximum Gasteiger partial charge on any atom is 0.335 e. The Kier molecular flexibility index (Phi) is 3.92. The molecule has 1 saturated carbocycles. The van der Waals surface area contributed by atoms with Gasteiger partial charge in [-0.1, -0.05) is 12.1 Å². The van der Waals surface area contributed by atoms with Crippen LogP contribution in [0.5, 0.6) is 0 Å². The molecule has 1 aromatic carbocycles. The van der Waals surface area contributed by atoms with Crippen LogP contribution in [0.1, 0.15) is 34.6 Å². The molecule has 0 aliphatic heterocycles. The van der Waals surface area contributed by atoms with Gasteiger partial charge in [-0.25, -0.2) is 9.48 Å². The SMILES string of the molecule is O=C(O)c1ccc(CNCc2nnnn2CC2CC2)cc1. The number of aromatic nitrogens is 4. The van der Waals surface area contributed by atoms with E-state index in [-0.39, 0.29) is 0 Å². The van der Waals surface area contributed by atoms with Gasteiger partial charge in [0.2, 0.25) is 0 Å². The Hall–Kier alpha value is -2.28. The van der Waals surface area contributed by atoms with Gasteiger partial charge in [-0.3, -0.25) is 0 Å². The number of rotatable bonds is 7. The van der Waals surface area contributed by atoms with E-state index in [0.717, 1.165) is 23.9 Å². The van der Waals surface area contributed by atoms with Crippen molar-refractivity contribution in [2.75, 3.05) is 0 Å².